The van der Waals surface area contributed by atoms with Gasteiger partial charge < -0.3 is 14.4 Å². The minimum Gasteiger partial charge on any atom is -0.311 e. The number of rotatable bonds is 4. The molecular formula is C56H42BN3S2. The zero-order valence-corrected chi connectivity index (χ0v) is 37.0. The molecule has 5 heterocycles. The van der Waals surface area contributed by atoms with Gasteiger partial charge in [0.05, 0.1) is 21.4 Å². The number of aromatic nitrogens is 1. The minimum atomic E-state index is -0.110. The molecule has 0 saturated heterocycles. The number of para-hydroxylation sites is 3. The Hall–Kier alpha value is -6.60. The first kappa shape index (κ1) is 36.1. The van der Waals surface area contributed by atoms with Crippen molar-refractivity contribution < 1.29 is 0 Å². The third-order valence-corrected chi connectivity index (χ3v) is 15.9. The van der Waals surface area contributed by atoms with Crippen LogP contribution >= 0.6 is 22.7 Å². The molecule has 2 aliphatic heterocycles. The molecule has 0 N–H and O–H groups in total. The molecule has 296 valence electrons. The molecule has 2 aliphatic rings. The van der Waals surface area contributed by atoms with Crippen molar-refractivity contribution in [3.05, 3.63) is 180 Å². The fourth-order valence-corrected chi connectivity index (χ4v) is 13.0. The van der Waals surface area contributed by atoms with Gasteiger partial charge in [-0.3, -0.25) is 0 Å². The van der Waals surface area contributed by atoms with E-state index in [1.807, 2.05) is 22.7 Å². The molecular weight excluding hydrogens is 790 g/mol. The van der Waals surface area contributed by atoms with Crippen LogP contribution in [0, 0.1) is 13.8 Å². The summed E-state index contributed by atoms with van der Waals surface area (Å²) in [5, 5.41) is 5.27. The second-order valence-electron chi connectivity index (χ2n) is 18.2. The van der Waals surface area contributed by atoms with E-state index < -0.39 is 0 Å². The first-order chi connectivity index (χ1) is 30.2. The maximum Gasteiger partial charge on any atom is 0.252 e. The Labute approximate surface area is 369 Å². The van der Waals surface area contributed by atoms with Crippen molar-refractivity contribution in [3.8, 4) is 5.69 Å². The first-order valence-electron chi connectivity index (χ1n) is 21.6. The van der Waals surface area contributed by atoms with Gasteiger partial charge in [-0.05, 0) is 113 Å². The maximum absolute atomic E-state index is 2.65. The van der Waals surface area contributed by atoms with Crippen LogP contribution in [0.4, 0.5) is 34.1 Å². The average molecular weight is 832 g/mol. The normalized spacial score (nSPS) is 13.2. The molecule has 0 radical (unpaired) electrons. The highest BCUT2D eigenvalue weighted by Gasteiger charge is 2.44. The molecule has 0 fully saturated rings. The van der Waals surface area contributed by atoms with Gasteiger partial charge in [0.25, 0.3) is 6.71 Å². The smallest absolute Gasteiger partial charge is 0.252 e. The summed E-state index contributed by atoms with van der Waals surface area (Å²) in [5.74, 6) is 0. The van der Waals surface area contributed by atoms with Gasteiger partial charge in [0.2, 0.25) is 0 Å². The lowest BCUT2D eigenvalue weighted by Gasteiger charge is -2.42. The van der Waals surface area contributed by atoms with E-state index in [0.717, 1.165) is 5.69 Å². The molecule has 0 amide bonds. The van der Waals surface area contributed by atoms with E-state index in [1.54, 1.807) is 0 Å². The van der Waals surface area contributed by atoms with Gasteiger partial charge in [0.15, 0.2) is 0 Å². The maximum atomic E-state index is 2.65. The van der Waals surface area contributed by atoms with Crippen LogP contribution in [-0.2, 0) is 5.41 Å². The van der Waals surface area contributed by atoms with Crippen molar-refractivity contribution in [1.29, 1.82) is 0 Å². The third-order valence-electron chi connectivity index (χ3n) is 13.6. The van der Waals surface area contributed by atoms with E-state index in [1.165, 1.54) is 119 Å². The summed E-state index contributed by atoms with van der Waals surface area (Å²) in [6.45, 7) is 11.6. The predicted molar refractivity (Wildman–Crippen MR) is 271 cm³/mol. The number of nitrogens with zero attached hydrogens (tertiary/aromatic N) is 3. The minimum absolute atomic E-state index is 0.0320. The predicted octanol–water partition coefficient (Wildman–Crippen LogP) is 14.4. The summed E-state index contributed by atoms with van der Waals surface area (Å²) < 4.78 is 7.96. The van der Waals surface area contributed by atoms with E-state index in [2.05, 4.69) is 213 Å². The van der Waals surface area contributed by atoms with Crippen LogP contribution in [0.5, 0.6) is 0 Å². The number of aryl methyl sites for hydroxylation is 2. The van der Waals surface area contributed by atoms with Crippen molar-refractivity contribution in [2.24, 2.45) is 0 Å². The number of thiophene rings is 2. The number of anilines is 6. The highest BCUT2D eigenvalue weighted by Crippen LogP contribution is 2.50. The second kappa shape index (κ2) is 13.0. The molecule has 0 spiro atoms. The average Bonchev–Trinajstić information content (AvgIpc) is 3.96. The van der Waals surface area contributed by atoms with Gasteiger partial charge in [-0.1, -0.05) is 124 Å². The number of hydrogen-bond acceptors (Lipinski definition) is 4. The Bertz CT molecular complexity index is 3650. The van der Waals surface area contributed by atoms with Crippen LogP contribution in [0.15, 0.2) is 164 Å². The molecule has 0 bridgehead atoms. The van der Waals surface area contributed by atoms with Gasteiger partial charge in [-0.2, -0.15) is 0 Å². The lowest BCUT2D eigenvalue weighted by atomic mass is 9.33. The van der Waals surface area contributed by atoms with E-state index in [9.17, 15) is 0 Å². The van der Waals surface area contributed by atoms with Gasteiger partial charge in [0.1, 0.15) is 0 Å². The summed E-state index contributed by atoms with van der Waals surface area (Å²) >= 11 is 3.82. The highest BCUT2D eigenvalue weighted by molar-refractivity contribution is 7.27. The summed E-state index contributed by atoms with van der Waals surface area (Å²) in [4.78, 5) is 5.12. The third kappa shape index (κ3) is 4.93. The Morgan fingerprint density at radius 1 is 0.500 bits per heavy atom. The van der Waals surface area contributed by atoms with Crippen LogP contribution in [0.1, 0.15) is 37.5 Å². The zero-order chi connectivity index (χ0) is 41.6. The molecule has 0 atom stereocenters. The monoisotopic (exact) mass is 831 g/mol. The van der Waals surface area contributed by atoms with Crippen LogP contribution in [-0.4, -0.2) is 11.3 Å². The number of benzene rings is 8. The summed E-state index contributed by atoms with van der Waals surface area (Å²) in [6.07, 6.45) is 0. The Morgan fingerprint density at radius 3 is 1.87 bits per heavy atom. The lowest BCUT2D eigenvalue weighted by Crippen LogP contribution is -2.60. The van der Waals surface area contributed by atoms with Crippen LogP contribution in [0.2, 0.25) is 0 Å². The van der Waals surface area contributed by atoms with Gasteiger partial charge in [-0.15, -0.1) is 22.7 Å². The van der Waals surface area contributed by atoms with Crippen molar-refractivity contribution in [3.63, 3.8) is 0 Å². The summed E-state index contributed by atoms with van der Waals surface area (Å²) in [6, 6.07) is 61.9. The van der Waals surface area contributed by atoms with Crippen molar-refractivity contribution >= 4 is 131 Å². The molecule has 0 unspecified atom stereocenters. The lowest BCUT2D eigenvalue weighted by molar-refractivity contribution is 0.590. The summed E-state index contributed by atoms with van der Waals surface area (Å²) in [5.41, 5.74) is 18.9. The number of hydrogen-bond donors (Lipinski definition) is 0. The Kier molecular flexibility index (Phi) is 7.55. The number of fused-ring (bicyclic) bond motifs is 12. The Balaban J connectivity index is 1.20. The fourth-order valence-electron chi connectivity index (χ4n) is 10.7. The first-order valence-corrected chi connectivity index (χ1v) is 23.3. The molecule has 3 aromatic heterocycles. The van der Waals surface area contributed by atoms with Crippen molar-refractivity contribution in [2.75, 3.05) is 9.80 Å². The molecule has 62 heavy (non-hydrogen) atoms. The zero-order valence-electron chi connectivity index (χ0n) is 35.3. The standard InChI is InChI=1S/C56H42BN3S2/c1-33-16-6-10-22-42(33)58(43-23-11-7-17-34(43)2)36-28-29-40-45(32-36)59(44-24-15-27-50-51(44)37-18-8-12-25-48(37)61-50)46-30-35(56(3,4)5)31-47-52(46)57(40)41-21-14-20-39-53(41)60(47)54-38-19-9-13-26-49(38)62-55(39)54/h6-32H,1-5H3. The topological polar surface area (TPSA) is 11.4 Å². The SMILES string of the molecule is Cc1ccccc1N(c1ccc2c(c1)N(c1cccc3sc4ccccc4c13)c1cc(C(C)(C)C)cc3c1B2c1cccc2c4sc5ccccc5c4n-3c12)c1ccccc1C. The molecule has 0 saturated carbocycles. The van der Waals surface area contributed by atoms with Crippen molar-refractivity contribution in [2.45, 2.75) is 40.0 Å². The Morgan fingerprint density at radius 2 is 1.13 bits per heavy atom. The highest BCUT2D eigenvalue weighted by atomic mass is 32.1. The fraction of sp³-hybridized carbons (Fsp3) is 0.107. The van der Waals surface area contributed by atoms with E-state index in [-0.39, 0.29) is 12.1 Å². The van der Waals surface area contributed by atoms with E-state index in [4.69, 9.17) is 0 Å². The van der Waals surface area contributed by atoms with Crippen LogP contribution in [0.3, 0.4) is 0 Å². The van der Waals surface area contributed by atoms with Crippen LogP contribution in [0.25, 0.3) is 57.1 Å². The second-order valence-corrected chi connectivity index (χ2v) is 20.3. The molecule has 8 aromatic carbocycles. The quantitative estimate of drug-likeness (QED) is 0.164. The summed E-state index contributed by atoms with van der Waals surface area (Å²) in [7, 11) is 0. The van der Waals surface area contributed by atoms with Crippen molar-refractivity contribution in [1.82, 2.24) is 4.57 Å². The van der Waals surface area contributed by atoms with E-state index >= 15 is 0 Å². The van der Waals surface area contributed by atoms with E-state index in [0.29, 0.717) is 0 Å². The van der Waals surface area contributed by atoms with Gasteiger partial charge in [-0.25, -0.2) is 0 Å². The van der Waals surface area contributed by atoms with Gasteiger partial charge >= 0.3 is 0 Å². The van der Waals surface area contributed by atoms with Crippen LogP contribution < -0.4 is 26.2 Å². The molecule has 6 heteroatoms. The van der Waals surface area contributed by atoms with Gasteiger partial charge in [0, 0.05) is 69.8 Å². The molecule has 3 nitrogen and oxygen atoms in total. The molecule has 0 aliphatic carbocycles. The largest absolute Gasteiger partial charge is 0.311 e. The molecule has 13 rings (SSSR count). The molecule has 11 aromatic rings.